The number of nitrogen functional groups attached to an aromatic ring is 1. The normalized spacial score (nSPS) is 21.8. The number of piperazine rings is 1. The molecule has 0 bridgehead atoms. The Balaban J connectivity index is 1.84. The number of nitrogens with zero attached hydrogens (tertiary/aromatic N) is 5. The minimum atomic E-state index is 0.277. The quantitative estimate of drug-likeness (QED) is 0.745. The molecule has 3 N–H and O–H groups in total. The topological polar surface area (TPSA) is 87.0 Å². The molecule has 2 atom stereocenters. The third-order valence-corrected chi connectivity index (χ3v) is 5.20. The molecule has 3 aromatic rings. The molecular weight excluding hydrogens is 314 g/mol. The van der Waals surface area contributed by atoms with Crippen LogP contribution in [0.15, 0.2) is 30.7 Å². The molecule has 0 saturated carbocycles. The Bertz CT molecular complexity index is 891. The summed E-state index contributed by atoms with van der Waals surface area (Å²) in [6, 6.07) is 4.95. The number of anilines is 2. The summed E-state index contributed by atoms with van der Waals surface area (Å²) >= 11 is 0. The molecule has 0 spiro atoms. The second kappa shape index (κ2) is 6.00. The van der Waals surface area contributed by atoms with Crippen molar-refractivity contribution in [3.05, 3.63) is 30.7 Å². The number of pyridine rings is 1. The molecule has 0 amide bonds. The Morgan fingerprint density at radius 2 is 1.84 bits per heavy atom. The van der Waals surface area contributed by atoms with E-state index in [0.717, 1.165) is 35.4 Å². The molecule has 4 rings (SSSR count). The number of hydrogen-bond acceptors (Lipinski definition) is 6. The Morgan fingerprint density at radius 1 is 1.12 bits per heavy atom. The van der Waals surface area contributed by atoms with E-state index in [1.807, 2.05) is 18.5 Å². The lowest BCUT2D eigenvalue weighted by Gasteiger charge is -2.43. The molecule has 3 aromatic heterocycles. The van der Waals surface area contributed by atoms with E-state index in [1.54, 1.807) is 6.20 Å². The van der Waals surface area contributed by atoms with Gasteiger partial charge in [0.05, 0.1) is 16.8 Å². The van der Waals surface area contributed by atoms with Gasteiger partial charge in [-0.2, -0.15) is 0 Å². The number of nitrogens with two attached hydrogens (primary N) is 1. The number of nitrogens with one attached hydrogen (secondary N) is 1. The van der Waals surface area contributed by atoms with Crippen LogP contribution in [-0.4, -0.2) is 57.1 Å². The van der Waals surface area contributed by atoms with Crippen LogP contribution in [0, 0.1) is 0 Å². The summed E-state index contributed by atoms with van der Waals surface area (Å²) in [6.07, 6.45) is 5.50. The van der Waals surface area contributed by atoms with Crippen molar-refractivity contribution in [2.24, 2.45) is 0 Å². The molecule has 25 heavy (non-hydrogen) atoms. The van der Waals surface area contributed by atoms with Crippen molar-refractivity contribution >= 4 is 22.7 Å². The van der Waals surface area contributed by atoms with Crippen molar-refractivity contribution in [1.82, 2.24) is 24.8 Å². The summed E-state index contributed by atoms with van der Waals surface area (Å²) < 4.78 is 0. The molecule has 1 fully saturated rings. The van der Waals surface area contributed by atoms with Crippen molar-refractivity contribution in [2.75, 3.05) is 30.8 Å². The average Bonchev–Trinajstić information content (AvgIpc) is 3.03. The SMILES string of the molecule is CC1CN(c2ccnc3[nH]cc(-c4ccnc(N)n4)c23)CC(C)N1C. The fraction of sp³-hybridized carbons (Fsp3) is 0.389. The lowest BCUT2D eigenvalue weighted by atomic mass is 10.1. The fourth-order valence-corrected chi connectivity index (χ4v) is 3.63. The van der Waals surface area contributed by atoms with Gasteiger partial charge in [0, 0.05) is 49.3 Å². The zero-order chi connectivity index (χ0) is 17.6. The van der Waals surface area contributed by atoms with Gasteiger partial charge in [-0.1, -0.05) is 0 Å². The van der Waals surface area contributed by atoms with Gasteiger partial charge in [-0.15, -0.1) is 0 Å². The maximum absolute atomic E-state index is 5.78. The molecule has 7 nitrogen and oxygen atoms in total. The molecule has 0 radical (unpaired) electrons. The van der Waals surface area contributed by atoms with Gasteiger partial charge in [-0.05, 0) is 33.0 Å². The van der Waals surface area contributed by atoms with Gasteiger partial charge in [0.25, 0.3) is 0 Å². The smallest absolute Gasteiger partial charge is 0.220 e. The Labute approximate surface area is 146 Å². The van der Waals surface area contributed by atoms with Gasteiger partial charge < -0.3 is 15.6 Å². The van der Waals surface area contributed by atoms with Crippen molar-refractivity contribution in [3.63, 3.8) is 0 Å². The Morgan fingerprint density at radius 3 is 2.56 bits per heavy atom. The van der Waals surface area contributed by atoms with E-state index in [1.165, 1.54) is 5.69 Å². The van der Waals surface area contributed by atoms with E-state index in [9.17, 15) is 0 Å². The first-order valence-corrected chi connectivity index (χ1v) is 8.56. The number of aromatic nitrogens is 4. The first kappa shape index (κ1) is 15.8. The van der Waals surface area contributed by atoms with E-state index in [0.29, 0.717) is 12.1 Å². The van der Waals surface area contributed by atoms with Crippen molar-refractivity contribution in [3.8, 4) is 11.3 Å². The number of fused-ring (bicyclic) bond motifs is 1. The lowest BCUT2D eigenvalue weighted by Crippen LogP contribution is -2.55. The van der Waals surface area contributed by atoms with E-state index < -0.39 is 0 Å². The maximum Gasteiger partial charge on any atom is 0.220 e. The van der Waals surface area contributed by atoms with E-state index in [-0.39, 0.29) is 5.95 Å². The first-order valence-electron chi connectivity index (χ1n) is 8.56. The van der Waals surface area contributed by atoms with Gasteiger partial charge in [0.15, 0.2) is 0 Å². The summed E-state index contributed by atoms with van der Waals surface area (Å²) in [5.74, 6) is 0.277. The minimum absolute atomic E-state index is 0.277. The van der Waals surface area contributed by atoms with Crippen LogP contribution < -0.4 is 10.6 Å². The van der Waals surface area contributed by atoms with Crippen LogP contribution in [0.25, 0.3) is 22.3 Å². The third-order valence-electron chi connectivity index (χ3n) is 5.20. The average molecular weight is 337 g/mol. The third kappa shape index (κ3) is 2.70. The van der Waals surface area contributed by atoms with Gasteiger partial charge in [0.1, 0.15) is 5.65 Å². The van der Waals surface area contributed by atoms with Gasteiger partial charge >= 0.3 is 0 Å². The minimum Gasteiger partial charge on any atom is -0.368 e. The molecule has 0 aliphatic carbocycles. The Hall–Kier alpha value is -2.67. The molecule has 4 heterocycles. The van der Waals surface area contributed by atoms with Crippen molar-refractivity contribution in [1.29, 1.82) is 0 Å². The number of hydrogen-bond donors (Lipinski definition) is 2. The number of likely N-dealkylation sites (N-methyl/N-ethyl adjacent to an activating group) is 1. The molecule has 2 unspecified atom stereocenters. The molecule has 130 valence electrons. The largest absolute Gasteiger partial charge is 0.368 e. The standard InChI is InChI=1S/C18H23N7/c1-11-9-25(10-12(2)24(11)3)15-5-7-20-17-16(15)13(8-22-17)14-4-6-21-18(19)23-14/h4-8,11-12H,9-10H2,1-3H3,(H,20,22)(H2,19,21,23). The predicted molar refractivity (Wildman–Crippen MR) is 100 cm³/mol. The monoisotopic (exact) mass is 337 g/mol. The zero-order valence-electron chi connectivity index (χ0n) is 14.8. The predicted octanol–water partition coefficient (Wildman–Crippen LogP) is 2.13. The van der Waals surface area contributed by atoms with Gasteiger partial charge in [-0.25, -0.2) is 15.0 Å². The molecule has 7 heteroatoms. The highest BCUT2D eigenvalue weighted by Gasteiger charge is 2.28. The lowest BCUT2D eigenvalue weighted by molar-refractivity contribution is 0.170. The van der Waals surface area contributed by atoms with Crippen LogP contribution in [0.3, 0.4) is 0 Å². The molecule has 1 saturated heterocycles. The van der Waals surface area contributed by atoms with E-state index in [2.05, 4.69) is 56.7 Å². The fourth-order valence-electron chi connectivity index (χ4n) is 3.63. The highest BCUT2D eigenvalue weighted by atomic mass is 15.3. The van der Waals surface area contributed by atoms with Crippen LogP contribution in [0.4, 0.5) is 11.6 Å². The second-order valence-electron chi connectivity index (χ2n) is 6.82. The zero-order valence-corrected chi connectivity index (χ0v) is 14.8. The summed E-state index contributed by atoms with van der Waals surface area (Å²) in [6.45, 7) is 6.50. The van der Waals surface area contributed by atoms with Crippen molar-refractivity contribution < 1.29 is 0 Å². The van der Waals surface area contributed by atoms with Crippen LogP contribution in [0.1, 0.15) is 13.8 Å². The van der Waals surface area contributed by atoms with Crippen molar-refractivity contribution in [2.45, 2.75) is 25.9 Å². The van der Waals surface area contributed by atoms with Gasteiger partial charge in [0.2, 0.25) is 5.95 Å². The summed E-state index contributed by atoms with van der Waals surface area (Å²) in [7, 11) is 2.19. The number of aromatic amines is 1. The maximum atomic E-state index is 5.78. The van der Waals surface area contributed by atoms with Crippen LogP contribution >= 0.6 is 0 Å². The van der Waals surface area contributed by atoms with Gasteiger partial charge in [-0.3, -0.25) is 4.90 Å². The second-order valence-corrected chi connectivity index (χ2v) is 6.82. The summed E-state index contributed by atoms with van der Waals surface area (Å²) in [4.78, 5) is 21.0. The van der Waals surface area contributed by atoms with Crippen LogP contribution in [0.5, 0.6) is 0 Å². The van der Waals surface area contributed by atoms with Crippen LogP contribution in [0.2, 0.25) is 0 Å². The molecule has 0 aromatic carbocycles. The van der Waals surface area contributed by atoms with Crippen LogP contribution in [-0.2, 0) is 0 Å². The number of rotatable bonds is 2. The highest BCUT2D eigenvalue weighted by molar-refractivity contribution is 6.02. The first-order chi connectivity index (χ1) is 12.0. The number of H-pyrrole nitrogens is 1. The van der Waals surface area contributed by atoms with E-state index in [4.69, 9.17) is 5.73 Å². The molecule has 1 aliphatic rings. The summed E-state index contributed by atoms with van der Waals surface area (Å²) in [5.41, 5.74) is 9.64. The summed E-state index contributed by atoms with van der Waals surface area (Å²) in [5, 5.41) is 1.09. The van der Waals surface area contributed by atoms with E-state index >= 15 is 0 Å². The Kier molecular flexibility index (Phi) is 3.80. The molecule has 1 aliphatic heterocycles. The molecular formula is C18H23N7. The highest BCUT2D eigenvalue weighted by Crippen LogP contribution is 2.35.